The minimum absolute atomic E-state index is 0.250. The van der Waals surface area contributed by atoms with Crippen molar-refractivity contribution in [2.45, 2.75) is 38.8 Å². The molecule has 0 saturated carbocycles. The van der Waals surface area contributed by atoms with Gasteiger partial charge in [-0.3, -0.25) is 18.3 Å². The zero-order valence-corrected chi connectivity index (χ0v) is 18.6. The van der Waals surface area contributed by atoms with Crippen molar-refractivity contribution in [2.75, 3.05) is 22.7 Å². The number of pyridine rings is 1. The number of hydrogen-bond donors (Lipinski definition) is 2. The summed E-state index contributed by atoms with van der Waals surface area (Å²) in [4.78, 5) is 30.3. The molecule has 2 aromatic heterocycles. The molecule has 0 radical (unpaired) electrons. The highest BCUT2D eigenvalue weighted by Crippen LogP contribution is 2.26. The smallest absolute Gasteiger partial charge is 0.410 e. The Hall–Kier alpha value is -2.99. The fourth-order valence-corrected chi connectivity index (χ4v) is 3.94. The Morgan fingerprint density at radius 1 is 1.32 bits per heavy atom. The van der Waals surface area contributed by atoms with Crippen molar-refractivity contribution in [1.29, 1.82) is 0 Å². The molecule has 168 valence electrons. The molecule has 2 amide bonds. The highest BCUT2D eigenvalue weighted by molar-refractivity contribution is 7.80. The summed E-state index contributed by atoms with van der Waals surface area (Å²) >= 11 is -2.32. The van der Waals surface area contributed by atoms with Crippen molar-refractivity contribution in [1.82, 2.24) is 19.7 Å². The van der Waals surface area contributed by atoms with Gasteiger partial charge in [-0.2, -0.15) is 5.10 Å². The zero-order valence-electron chi connectivity index (χ0n) is 17.8. The minimum Gasteiger partial charge on any atom is -0.444 e. The maximum atomic E-state index is 12.3. The van der Waals surface area contributed by atoms with Gasteiger partial charge in [-0.1, -0.05) is 0 Å². The van der Waals surface area contributed by atoms with Gasteiger partial charge in [0.2, 0.25) is 0 Å². The van der Waals surface area contributed by atoms with E-state index in [0.717, 1.165) is 0 Å². The number of hydrogen-bond acceptors (Lipinski definition) is 6. The molecule has 12 heteroatoms. The molecule has 1 fully saturated rings. The predicted molar refractivity (Wildman–Crippen MR) is 115 cm³/mol. The first kappa shape index (κ1) is 22.7. The van der Waals surface area contributed by atoms with Crippen LogP contribution in [0.5, 0.6) is 0 Å². The Morgan fingerprint density at radius 3 is 2.61 bits per heavy atom. The molecule has 0 spiro atoms. The average molecular weight is 451 g/mol. The number of nitrogens with zero attached hydrogens (tertiary/aromatic N) is 5. The van der Waals surface area contributed by atoms with E-state index in [-0.39, 0.29) is 18.5 Å². The van der Waals surface area contributed by atoms with Gasteiger partial charge in [0.05, 0.1) is 17.9 Å². The van der Waals surface area contributed by atoms with Gasteiger partial charge in [0.1, 0.15) is 17.1 Å². The Balaban J connectivity index is 1.68. The number of aryl methyl sites for hydroxylation is 1. The lowest BCUT2D eigenvalue weighted by Gasteiger charge is -2.27. The van der Waals surface area contributed by atoms with E-state index in [1.54, 1.807) is 46.0 Å². The van der Waals surface area contributed by atoms with Crippen molar-refractivity contribution in [2.24, 2.45) is 7.05 Å². The summed E-state index contributed by atoms with van der Waals surface area (Å²) in [5, 5.41) is 6.60. The Morgan fingerprint density at radius 2 is 2.06 bits per heavy atom. The van der Waals surface area contributed by atoms with Crippen LogP contribution >= 0.6 is 0 Å². The van der Waals surface area contributed by atoms with Crippen LogP contribution in [-0.4, -0.2) is 65.2 Å². The van der Waals surface area contributed by atoms with Gasteiger partial charge in [-0.05, 0) is 45.4 Å². The van der Waals surface area contributed by atoms with Crippen LogP contribution in [0.1, 0.15) is 37.7 Å². The number of likely N-dealkylation sites (tertiary alicyclic amines) is 1. The van der Waals surface area contributed by atoms with Crippen LogP contribution in [-0.2, 0) is 23.1 Å². The van der Waals surface area contributed by atoms with Gasteiger partial charge in [0, 0.05) is 26.3 Å². The van der Waals surface area contributed by atoms with Gasteiger partial charge in [-0.25, -0.2) is 14.0 Å². The van der Waals surface area contributed by atoms with Crippen molar-refractivity contribution in [3.63, 3.8) is 0 Å². The number of carbonyl (C=O) groups is 2. The van der Waals surface area contributed by atoms with Gasteiger partial charge in [0.25, 0.3) is 17.2 Å². The normalized spacial score (nSPS) is 17.3. The van der Waals surface area contributed by atoms with Crippen molar-refractivity contribution in [3.05, 3.63) is 36.3 Å². The molecule has 11 nitrogen and oxygen atoms in total. The van der Waals surface area contributed by atoms with E-state index in [1.165, 1.54) is 26.3 Å². The van der Waals surface area contributed by atoms with E-state index >= 15 is 0 Å². The second-order valence-electron chi connectivity index (χ2n) is 8.12. The van der Waals surface area contributed by atoms with E-state index in [4.69, 9.17) is 4.74 Å². The van der Waals surface area contributed by atoms with Crippen molar-refractivity contribution in [3.8, 4) is 0 Å². The first-order valence-electron chi connectivity index (χ1n) is 9.68. The molecule has 1 aliphatic heterocycles. The molecule has 2 N–H and O–H groups in total. The third-order valence-corrected chi connectivity index (χ3v) is 5.46. The van der Waals surface area contributed by atoms with Crippen LogP contribution in [0.3, 0.4) is 0 Å². The molecule has 0 bridgehead atoms. The highest BCUT2D eigenvalue weighted by Gasteiger charge is 2.35. The maximum absolute atomic E-state index is 12.3. The molecule has 2 unspecified atom stereocenters. The minimum atomic E-state index is -2.32. The van der Waals surface area contributed by atoms with Gasteiger partial charge >= 0.3 is 6.09 Å². The van der Waals surface area contributed by atoms with Crippen molar-refractivity contribution < 1.29 is 23.1 Å². The van der Waals surface area contributed by atoms with Crippen LogP contribution in [0.2, 0.25) is 0 Å². The third-order valence-electron chi connectivity index (χ3n) is 4.61. The van der Waals surface area contributed by atoms with Crippen LogP contribution < -0.4 is 9.62 Å². The lowest BCUT2D eigenvalue weighted by atomic mass is 10.2. The van der Waals surface area contributed by atoms with E-state index in [1.807, 2.05) is 0 Å². The second kappa shape index (κ2) is 9.02. The summed E-state index contributed by atoms with van der Waals surface area (Å²) in [6.07, 6.45) is 2.97. The van der Waals surface area contributed by atoms with E-state index in [2.05, 4.69) is 15.4 Å². The van der Waals surface area contributed by atoms with E-state index in [9.17, 15) is 18.4 Å². The lowest BCUT2D eigenvalue weighted by molar-refractivity contribution is 0.0293. The Labute approximate surface area is 182 Å². The largest absolute Gasteiger partial charge is 0.444 e. The average Bonchev–Trinajstić information content (AvgIpc) is 3.31. The summed E-state index contributed by atoms with van der Waals surface area (Å²) in [6.45, 7) is 6.02. The molecule has 2 aromatic rings. The number of anilines is 2. The maximum Gasteiger partial charge on any atom is 0.410 e. The molecular weight excluding hydrogens is 424 g/mol. The first-order valence-corrected chi connectivity index (χ1v) is 10.7. The number of nitrogens with one attached hydrogen (secondary N) is 1. The molecule has 0 aliphatic carbocycles. The highest BCUT2D eigenvalue weighted by atomic mass is 32.2. The molecule has 0 aromatic carbocycles. The number of rotatable bonds is 5. The second-order valence-corrected chi connectivity index (χ2v) is 8.98. The molecule has 3 heterocycles. The Bertz CT molecular complexity index is 971. The fraction of sp³-hybridized carbons (Fsp3) is 0.474. The fourth-order valence-electron chi connectivity index (χ4n) is 3.22. The van der Waals surface area contributed by atoms with E-state index < -0.39 is 23.0 Å². The third kappa shape index (κ3) is 5.58. The monoisotopic (exact) mass is 450 g/mol. The molecule has 2 atom stereocenters. The molecule has 1 saturated heterocycles. The lowest BCUT2D eigenvalue weighted by Crippen LogP contribution is -2.41. The zero-order chi connectivity index (χ0) is 22.8. The topological polar surface area (TPSA) is 130 Å². The SMILES string of the molecule is Cn1nccc1C(=O)Nc1ccc(N(C2CCN(C(=O)OC(C)(C)C)C2)S(=O)O)cn1. The summed E-state index contributed by atoms with van der Waals surface area (Å²) in [5.74, 6) is -0.0768. The van der Waals surface area contributed by atoms with Gasteiger partial charge < -0.3 is 15.0 Å². The van der Waals surface area contributed by atoms with Crippen LogP contribution in [0, 0.1) is 0 Å². The van der Waals surface area contributed by atoms with Crippen molar-refractivity contribution >= 4 is 34.8 Å². The molecule has 1 aliphatic rings. The summed E-state index contributed by atoms with van der Waals surface area (Å²) in [6, 6.07) is 4.34. The van der Waals surface area contributed by atoms with Gasteiger partial charge in [0.15, 0.2) is 0 Å². The van der Waals surface area contributed by atoms with Crippen LogP contribution in [0.25, 0.3) is 0 Å². The van der Waals surface area contributed by atoms with Crippen LogP contribution in [0.4, 0.5) is 16.3 Å². The number of amides is 2. The number of aromatic nitrogens is 3. The Kier molecular flexibility index (Phi) is 6.60. The standard InChI is InChI=1S/C19H26N6O5S/c1-19(2,3)30-18(27)24-10-8-14(12-24)25(31(28)29)13-5-6-16(20-11-13)22-17(26)15-7-9-21-23(15)4/h5-7,9,11,14H,8,10,12H2,1-4H3,(H,28,29)(H,20,22,26). The van der Waals surface area contributed by atoms with Crippen LogP contribution in [0.15, 0.2) is 30.6 Å². The number of carbonyl (C=O) groups excluding carboxylic acids is 2. The quantitative estimate of drug-likeness (QED) is 0.667. The summed E-state index contributed by atoms with van der Waals surface area (Å²) in [5.41, 5.74) is 0.154. The summed E-state index contributed by atoms with van der Waals surface area (Å²) < 4.78 is 30.0. The first-order chi connectivity index (χ1) is 14.5. The number of ether oxygens (including phenoxy) is 1. The molecule has 3 rings (SSSR count). The van der Waals surface area contributed by atoms with Gasteiger partial charge in [-0.15, -0.1) is 0 Å². The molecular formula is C19H26N6O5S. The predicted octanol–water partition coefficient (Wildman–Crippen LogP) is 2.02. The molecule has 31 heavy (non-hydrogen) atoms. The summed E-state index contributed by atoms with van der Waals surface area (Å²) in [7, 11) is 1.65. The van der Waals surface area contributed by atoms with E-state index in [0.29, 0.717) is 30.2 Å².